The van der Waals surface area contributed by atoms with Crippen molar-refractivity contribution >= 4 is 11.9 Å². The Hall–Kier alpha value is -2.19. The Kier molecular flexibility index (Phi) is 3.02. The van der Waals surface area contributed by atoms with Crippen LogP contribution in [0.15, 0.2) is 48.5 Å². The summed E-state index contributed by atoms with van der Waals surface area (Å²) in [7, 11) is 0. The maximum atomic E-state index is 12.3. The van der Waals surface area contributed by atoms with Gasteiger partial charge in [-0.1, -0.05) is 48.6 Å². The molecule has 0 heterocycles. The van der Waals surface area contributed by atoms with Crippen molar-refractivity contribution in [2.75, 3.05) is 6.54 Å². The number of nitrogens with two attached hydrogens (primary N) is 1. The molecule has 0 amide bonds. The Morgan fingerprint density at radius 3 is 2.47 bits per heavy atom. The van der Waals surface area contributed by atoms with Gasteiger partial charge in [0.05, 0.1) is 0 Å². The van der Waals surface area contributed by atoms with E-state index in [1.165, 1.54) is 0 Å². The van der Waals surface area contributed by atoms with Crippen molar-refractivity contribution in [2.24, 2.45) is 5.73 Å². The number of hydrogen-bond donors (Lipinski definition) is 1. The molecule has 0 aromatic heterocycles. The van der Waals surface area contributed by atoms with Gasteiger partial charge in [-0.2, -0.15) is 0 Å². The SMILES string of the molecule is NCCC=Cc1ccc2c(c1)C(=O)c1ccccc1-2. The van der Waals surface area contributed by atoms with Crippen molar-refractivity contribution in [3.8, 4) is 11.1 Å². The Bertz CT molecular complexity index is 671. The maximum absolute atomic E-state index is 12.3. The van der Waals surface area contributed by atoms with E-state index in [0.29, 0.717) is 6.54 Å². The molecule has 2 nitrogen and oxygen atoms in total. The Morgan fingerprint density at radius 2 is 1.68 bits per heavy atom. The first-order valence-electron chi connectivity index (χ1n) is 6.46. The van der Waals surface area contributed by atoms with E-state index in [0.717, 1.165) is 34.2 Å². The fourth-order valence-electron chi connectivity index (χ4n) is 2.46. The molecule has 0 atom stereocenters. The molecule has 0 bridgehead atoms. The van der Waals surface area contributed by atoms with Crippen LogP contribution in [0.4, 0.5) is 0 Å². The molecule has 0 saturated heterocycles. The summed E-state index contributed by atoms with van der Waals surface area (Å²) in [5, 5.41) is 0. The second kappa shape index (κ2) is 4.82. The van der Waals surface area contributed by atoms with Crippen molar-refractivity contribution in [3.05, 3.63) is 65.2 Å². The Balaban J connectivity index is 2.03. The highest BCUT2D eigenvalue weighted by molar-refractivity contribution is 6.21. The van der Waals surface area contributed by atoms with Gasteiger partial charge in [0.25, 0.3) is 0 Å². The van der Waals surface area contributed by atoms with Gasteiger partial charge < -0.3 is 5.73 Å². The van der Waals surface area contributed by atoms with Gasteiger partial charge in [-0.05, 0) is 35.7 Å². The van der Waals surface area contributed by atoms with Crippen LogP contribution in [-0.2, 0) is 0 Å². The highest BCUT2D eigenvalue weighted by atomic mass is 16.1. The van der Waals surface area contributed by atoms with E-state index in [2.05, 4.69) is 0 Å². The Labute approximate surface area is 112 Å². The van der Waals surface area contributed by atoms with Crippen LogP contribution in [-0.4, -0.2) is 12.3 Å². The first kappa shape index (κ1) is 11.9. The molecule has 0 unspecified atom stereocenters. The summed E-state index contributed by atoms with van der Waals surface area (Å²) in [5.74, 6) is 0.125. The third kappa shape index (κ3) is 2.00. The van der Waals surface area contributed by atoms with Crippen molar-refractivity contribution < 1.29 is 4.79 Å². The monoisotopic (exact) mass is 249 g/mol. The number of carbonyl (C=O) groups excluding carboxylic acids is 1. The number of carbonyl (C=O) groups is 1. The van der Waals surface area contributed by atoms with Crippen LogP contribution in [0.3, 0.4) is 0 Å². The van der Waals surface area contributed by atoms with Gasteiger partial charge in [0, 0.05) is 11.1 Å². The summed E-state index contributed by atoms with van der Waals surface area (Å²) in [6, 6.07) is 13.8. The lowest BCUT2D eigenvalue weighted by Crippen LogP contribution is -1.96. The quantitative estimate of drug-likeness (QED) is 0.774. The third-order valence-electron chi connectivity index (χ3n) is 3.39. The number of fused-ring (bicyclic) bond motifs is 3. The molecule has 0 fully saturated rings. The zero-order chi connectivity index (χ0) is 13.2. The second-order valence-electron chi connectivity index (χ2n) is 4.66. The van der Waals surface area contributed by atoms with E-state index < -0.39 is 0 Å². The molecular formula is C17H15NO. The number of rotatable bonds is 3. The van der Waals surface area contributed by atoms with Crippen molar-refractivity contribution in [2.45, 2.75) is 6.42 Å². The zero-order valence-electron chi connectivity index (χ0n) is 10.6. The summed E-state index contributed by atoms with van der Waals surface area (Å²) in [6.07, 6.45) is 4.91. The summed E-state index contributed by atoms with van der Waals surface area (Å²) >= 11 is 0. The van der Waals surface area contributed by atoms with Gasteiger partial charge in [0.15, 0.2) is 5.78 Å². The summed E-state index contributed by atoms with van der Waals surface area (Å²) < 4.78 is 0. The van der Waals surface area contributed by atoms with Crippen molar-refractivity contribution in [1.82, 2.24) is 0 Å². The molecular weight excluding hydrogens is 234 g/mol. The summed E-state index contributed by atoms with van der Waals surface area (Å²) in [5.41, 5.74) is 10.2. The first-order chi connectivity index (χ1) is 9.31. The van der Waals surface area contributed by atoms with Crippen LogP contribution < -0.4 is 5.73 Å². The lowest BCUT2D eigenvalue weighted by molar-refractivity contribution is 0.104. The van der Waals surface area contributed by atoms with Gasteiger partial charge in [-0.15, -0.1) is 0 Å². The van der Waals surface area contributed by atoms with Crippen molar-refractivity contribution in [3.63, 3.8) is 0 Å². The third-order valence-corrected chi connectivity index (χ3v) is 3.39. The number of ketones is 1. The minimum atomic E-state index is 0.125. The molecule has 1 aliphatic carbocycles. The molecule has 0 aliphatic heterocycles. The minimum Gasteiger partial charge on any atom is -0.330 e. The fourth-order valence-corrected chi connectivity index (χ4v) is 2.46. The molecule has 2 heteroatoms. The lowest BCUT2D eigenvalue weighted by atomic mass is 10.0. The normalized spacial score (nSPS) is 12.8. The zero-order valence-corrected chi connectivity index (χ0v) is 10.6. The molecule has 0 saturated carbocycles. The van der Waals surface area contributed by atoms with E-state index in [1.54, 1.807) is 0 Å². The average molecular weight is 249 g/mol. The Morgan fingerprint density at radius 1 is 0.947 bits per heavy atom. The predicted octanol–water partition coefficient (Wildman–Crippen LogP) is 3.26. The van der Waals surface area contributed by atoms with Crippen molar-refractivity contribution in [1.29, 1.82) is 0 Å². The number of hydrogen-bond acceptors (Lipinski definition) is 2. The molecule has 2 N–H and O–H groups in total. The molecule has 1 aliphatic rings. The van der Waals surface area contributed by atoms with Gasteiger partial charge in [0.2, 0.25) is 0 Å². The minimum absolute atomic E-state index is 0.125. The largest absolute Gasteiger partial charge is 0.330 e. The molecule has 19 heavy (non-hydrogen) atoms. The lowest BCUT2D eigenvalue weighted by Gasteiger charge is -2.00. The van der Waals surface area contributed by atoms with Crippen LogP contribution in [0, 0.1) is 0 Å². The standard InChI is InChI=1S/C17H15NO/c18-10-4-3-5-12-8-9-14-13-6-1-2-7-15(13)17(19)16(14)11-12/h1-3,5-9,11H,4,10,18H2. The first-order valence-corrected chi connectivity index (χ1v) is 6.46. The van der Waals surface area contributed by atoms with Crippen LogP contribution in [0.5, 0.6) is 0 Å². The van der Waals surface area contributed by atoms with E-state index in [-0.39, 0.29) is 5.78 Å². The second-order valence-corrected chi connectivity index (χ2v) is 4.66. The molecule has 2 aromatic rings. The predicted molar refractivity (Wildman–Crippen MR) is 78.0 cm³/mol. The summed E-state index contributed by atoms with van der Waals surface area (Å²) in [4.78, 5) is 12.3. The van der Waals surface area contributed by atoms with E-state index in [9.17, 15) is 4.79 Å². The van der Waals surface area contributed by atoms with Gasteiger partial charge in [-0.25, -0.2) is 0 Å². The highest BCUT2D eigenvalue weighted by Crippen LogP contribution is 2.36. The van der Waals surface area contributed by atoms with E-state index in [1.807, 2.05) is 54.6 Å². The number of benzene rings is 2. The van der Waals surface area contributed by atoms with Gasteiger partial charge in [-0.3, -0.25) is 4.79 Å². The molecule has 0 radical (unpaired) electrons. The average Bonchev–Trinajstić information content (AvgIpc) is 2.73. The topological polar surface area (TPSA) is 43.1 Å². The molecule has 0 spiro atoms. The molecule has 2 aromatic carbocycles. The summed E-state index contributed by atoms with van der Waals surface area (Å²) in [6.45, 7) is 0.645. The van der Waals surface area contributed by atoms with Crippen LogP contribution in [0.25, 0.3) is 17.2 Å². The van der Waals surface area contributed by atoms with Crippen LogP contribution in [0.2, 0.25) is 0 Å². The maximum Gasteiger partial charge on any atom is 0.194 e. The molecule has 3 rings (SSSR count). The van der Waals surface area contributed by atoms with Gasteiger partial charge >= 0.3 is 0 Å². The molecule has 94 valence electrons. The smallest absolute Gasteiger partial charge is 0.194 e. The van der Waals surface area contributed by atoms with Crippen LogP contribution in [0.1, 0.15) is 27.9 Å². The van der Waals surface area contributed by atoms with E-state index in [4.69, 9.17) is 5.73 Å². The fraction of sp³-hybridized carbons (Fsp3) is 0.118. The van der Waals surface area contributed by atoms with E-state index >= 15 is 0 Å². The van der Waals surface area contributed by atoms with Crippen LogP contribution >= 0.6 is 0 Å². The van der Waals surface area contributed by atoms with Gasteiger partial charge in [0.1, 0.15) is 0 Å². The highest BCUT2D eigenvalue weighted by Gasteiger charge is 2.25.